The Morgan fingerprint density at radius 1 is 1.58 bits per heavy atom. The molecular formula is C14H19N3O2. The average molecular weight is 261 g/mol. The van der Waals surface area contributed by atoms with Crippen LogP contribution in [0.4, 0.5) is 0 Å². The quantitative estimate of drug-likeness (QED) is 0.906. The Morgan fingerprint density at radius 3 is 2.63 bits per heavy atom. The van der Waals surface area contributed by atoms with Gasteiger partial charge in [0.25, 0.3) is 0 Å². The Hall–Kier alpha value is -1.83. The van der Waals surface area contributed by atoms with Crippen molar-refractivity contribution >= 4 is 5.91 Å². The SMILES string of the molecule is Cc1noc(C)c1C(C)NC(=O)C1(C#N)CC(C)C1. The molecular weight excluding hydrogens is 242 g/mol. The van der Waals surface area contributed by atoms with E-state index in [9.17, 15) is 10.1 Å². The van der Waals surface area contributed by atoms with Gasteiger partial charge in [-0.3, -0.25) is 4.79 Å². The van der Waals surface area contributed by atoms with E-state index in [0.29, 0.717) is 24.5 Å². The molecule has 5 heteroatoms. The largest absolute Gasteiger partial charge is 0.361 e. The van der Waals surface area contributed by atoms with E-state index >= 15 is 0 Å². The molecule has 0 spiro atoms. The molecule has 0 aromatic carbocycles. The predicted molar refractivity (Wildman–Crippen MR) is 69.0 cm³/mol. The van der Waals surface area contributed by atoms with Gasteiger partial charge in [-0.05, 0) is 39.5 Å². The van der Waals surface area contributed by atoms with Gasteiger partial charge in [-0.2, -0.15) is 5.26 Å². The van der Waals surface area contributed by atoms with Crippen LogP contribution in [0, 0.1) is 36.5 Å². The van der Waals surface area contributed by atoms with Crippen molar-refractivity contribution in [2.45, 2.75) is 46.6 Å². The second-order valence-electron chi connectivity index (χ2n) is 5.64. The van der Waals surface area contributed by atoms with E-state index in [-0.39, 0.29) is 11.9 Å². The molecule has 1 aliphatic carbocycles. The summed E-state index contributed by atoms with van der Waals surface area (Å²) in [6.07, 6.45) is 1.29. The highest BCUT2D eigenvalue weighted by Gasteiger charge is 2.49. The molecule has 1 aromatic rings. The fraction of sp³-hybridized carbons (Fsp3) is 0.643. The molecule has 0 aliphatic heterocycles. The highest BCUT2D eigenvalue weighted by Crippen LogP contribution is 2.45. The van der Waals surface area contributed by atoms with E-state index in [1.807, 2.05) is 20.8 Å². The molecule has 1 amide bonds. The number of rotatable bonds is 3. The number of nitrogens with zero attached hydrogens (tertiary/aromatic N) is 2. The first-order valence-corrected chi connectivity index (χ1v) is 6.54. The first-order chi connectivity index (χ1) is 8.89. The highest BCUT2D eigenvalue weighted by molar-refractivity contribution is 5.86. The van der Waals surface area contributed by atoms with Crippen LogP contribution in [0.15, 0.2) is 4.52 Å². The van der Waals surface area contributed by atoms with Crippen LogP contribution < -0.4 is 5.32 Å². The van der Waals surface area contributed by atoms with Crippen molar-refractivity contribution in [3.05, 3.63) is 17.0 Å². The number of nitriles is 1. The summed E-state index contributed by atoms with van der Waals surface area (Å²) in [5.74, 6) is 0.971. The van der Waals surface area contributed by atoms with Gasteiger partial charge in [0.05, 0.1) is 17.8 Å². The molecule has 102 valence electrons. The zero-order valence-electron chi connectivity index (χ0n) is 11.8. The van der Waals surface area contributed by atoms with Gasteiger partial charge in [0.1, 0.15) is 11.2 Å². The number of hydrogen-bond acceptors (Lipinski definition) is 4. The topological polar surface area (TPSA) is 78.9 Å². The van der Waals surface area contributed by atoms with Crippen LogP contribution in [-0.4, -0.2) is 11.1 Å². The molecule has 1 aliphatic rings. The van der Waals surface area contributed by atoms with Crippen LogP contribution in [0.1, 0.15) is 49.7 Å². The van der Waals surface area contributed by atoms with Crippen LogP contribution in [0.2, 0.25) is 0 Å². The van der Waals surface area contributed by atoms with Crippen molar-refractivity contribution in [1.29, 1.82) is 5.26 Å². The minimum absolute atomic E-state index is 0.180. The van der Waals surface area contributed by atoms with Crippen LogP contribution in [0.5, 0.6) is 0 Å². The van der Waals surface area contributed by atoms with Crippen molar-refractivity contribution in [1.82, 2.24) is 10.5 Å². The smallest absolute Gasteiger partial charge is 0.240 e. The van der Waals surface area contributed by atoms with Gasteiger partial charge in [-0.15, -0.1) is 0 Å². The summed E-state index contributed by atoms with van der Waals surface area (Å²) in [7, 11) is 0. The lowest BCUT2D eigenvalue weighted by molar-refractivity contribution is -0.134. The summed E-state index contributed by atoms with van der Waals surface area (Å²) >= 11 is 0. The molecule has 1 unspecified atom stereocenters. The molecule has 1 saturated carbocycles. The minimum atomic E-state index is -0.841. The predicted octanol–water partition coefficient (Wildman–Crippen LogP) is 2.41. The molecule has 1 heterocycles. The molecule has 1 N–H and O–H groups in total. The molecule has 0 saturated heterocycles. The van der Waals surface area contributed by atoms with Crippen LogP contribution in [-0.2, 0) is 4.79 Å². The zero-order valence-corrected chi connectivity index (χ0v) is 11.8. The second-order valence-corrected chi connectivity index (χ2v) is 5.64. The summed E-state index contributed by atoms with van der Waals surface area (Å²) in [6.45, 7) is 7.61. The van der Waals surface area contributed by atoms with Crippen LogP contribution >= 0.6 is 0 Å². The molecule has 1 fully saturated rings. The third kappa shape index (κ3) is 2.23. The van der Waals surface area contributed by atoms with Crippen molar-refractivity contribution in [2.75, 3.05) is 0 Å². The van der Waals surface area contributed by atoms with E-state index < -0.39 is 5.41 Å². The van der Waals surface area contributed by atoms with Crippen molar-refractivity contribution in [3.63, 3.8) is 0 Å². The van der Waals surface area contributed by atoms with Gasteiger partial charge in [0.15, 0.2) is 0 Å². The van der Waals surface area contributed by atoms with Crippen LogP contribution in [0.25, 0.3) is 0 Å². The van der Waals surface area contributed by atoms with Gasteiger partial charge in [0, 0.05) is 5.56 Å². The van der Waals surface area contributed by atoms with Gasteiger partial charge >= 0.3 is 0 Å². The fourth-order valence-corrected chi connectivity index (χ4v) is 2.97. The lowest BCUT2D eigenvalue weighted by atomic mass is 9.63. The number of nitrogens with one attached hydrogen (secondary N) is 1. The summed E-state index contributed by atoms with van der Waals surface area (Å²) in [5, 5.41) is 16.0. The summed E-state index contributed by atoms with van der Waals surface area (Å²) < 4.78 is 5.10. The van der Waals surface area contributed by atoms with Crippen molar-refractivity contribution in [3.8, 4) is 6.07 Å². The third-order valence-electron chi connectivity index (χ3n) is 3.91. The molecule has 1 aromatic heterocycles. The number of aryl methyl sites for hydroxylation is 2. The molecule has 0 bridgehead atoms. The van der Waals surface area contributed by atoms with E-state index in [1.54, 1.807) is 0 Å². The third-order valence-corrected chi connectivity index (χ3v) is 3.91. The monoisotopic (exact) mass is 261 g/mol. The van der Waals surface area contributed by atoms with E-state index in [2.05, 4.69) is 23.5 Å². The first-order valence-electron chi connectivity index (χ1n) is 6.54. The van der Waals surface area contributed by atoms with Gasteiger partial charge in [0.2, 0.25) is 5.91 Å². The van der Waals surface area contributed by atoms with E-state index in [0.717, 1.165) is 11.3 Å². The molecule has 1 atom stereocenters. The number of aromatic nitrogens is 1. The number of amides is 1. The summed E-state index contributed by atoms with van der Waals surface area (Å²) in [5.41, 5.74) is 0.833. The average Bonchev–Trinajstić information content (AvgIpc) is 2.64. The Balaban J connectivity index is 2.10. The van der Waals surface area contributed by atoms with E-state index in [1.165, 1.54) is 0 Å². The maximum Gasteiger partial charge on any atom is 0.240 e. The molecule has 2 rings (SSSR count). The van der Waals surface area contributed by atoms with Crippen LogP contribution in [0.3, 0.4) is 0 Å². The molecule has 19 heavy (non-hydrogen) atoms. The number of carbonyl (C=O) groups excluding carboxylic acids is 1. The molecule has 5 nitrogen and oxygen atoms in total. The number of carbonyl (C=O) groups is 1. The van der Waals surface area contributed by atoms with Crippen molar-refractivity contribution < 1.29 is 9.32 Å². The lowest BCUT2D eigenvalue weighted by Gasteiger charge is -2.39. The van der Waals surface area contributed by atoms with E-state index in [4.69, 9.17) is 4.52 Å². The van der Waals surface area contributed by atoms with Gasteiger partial charge in [-0.1, -0.05) is 12.1 Å². The number of hydrogen-bond donors (Lipinski definition) is 1. The normalized spacial score (nSPS) is 27.2. The van der Waals surface area contributed by atoms with Crippen molar-refractivity contribution in [2.24, 2.45) is 11.3 Å². The first kappa shape index (κ1) is 13.6. The minimum Gasteiger partial charge on any atom is -0.361 e. The van der Waals surface area contributed by atoms with Gasteiger partial charge < -0.3 is 9.84 Å². The Labute approximate surface area is 113 Å². The summed E-state index contributed by atoms with van der Waals surface area (Å²) in [6, 6.07) is 1.98. The standard InChI is InChI=1S/C14H19N3O2/c1-8-5-14(6-8,7-15)13(18)16-9(2)12-10(3)17-19-11(12)4/h8-9H,5-6H2,1-4H3,(H,16,18). The Bertz CT molecular complexity index is 516. The second kappa shape index (κ2) is 4.69. The Kier molecular flexibility index (Phi) is 3.36. The lowest BCUT2D eigenvalue weighted by Crippen LogP contribution is -2.48. The zero-order chi connectivity index (χ0) is 14.2. The Morgan fingerprint density at radius 2 is 2.21 bits per heavy atom. The maximum atomic E-state index is 12.3. The maximum absolute atomic E-state index is 12.3. The van der Waals surface area contributed by atoms with Gasteiger partial charge in [-0.25, -0.2) is 0 Å². The fourth-order valence-electron chi connectivity index (χ4n) is 2.97. The molecule has 0 radical (unpaired) electrons. The highest BCUT2D eigenvalue weighted by atomic mass is 16.5. The summed E-state index contributed by atoms with van der Waals surface area (Å²) in [4.78, 5) is 12.3.